The zero-order valence-corrected chi connectivity index (χ0v) is 14.2. The van der Waals surface area contributed by atoms with Gasteiger partial charge in [-0.05, 0) is 47.5 Å². The summed E-state index contributed by atoms with van der Waals surface area (Å²) in [5, 5.41) is 26.5. The van der Waals surface area contributed by atoms with Crippen molar-refractivity contribution in [1.29, 1.82) is 0 Å². The molecule has 0 spiro atoms. The molecular weight excluding hydrogens is 360 g/mol. The van der Waals surface area contributed by atoms with Crippen LogP contribution in [-0.2, 0) is 0 Å². The molecule has 0 aliphatic rings. The van der Waals surface area contributed by atoms with Crippen LogP contribution >= 0.6 is 15.9 Å². The lowest BCUT2D eigenvalue weighted by Crippen LogP contribution is -1.90. The van der Waals surface area contributed by atoms with Gasteiger partial charge in [0.15, 0.2) is 5.75 Å². The van der Waals surface area contributed by atoms with E-state index in [0.29, 0.717) is 21.5 Å². The second-order valence-electron chi connectivity index (χ2n) is 5.30. The van der Waals surface area contributed by atoms with E-state index in [9.17, 15) is 10.2 Å². The highest BCUT2D eigenvalue weighted by Crippen LogP contribution is 2.41. The molecule has 0 unspecified atom stereocenters. The lowest BCUT2D eigenvalue weighted by atomic mass is 10.1. The Morgan fingerprint density at radius 1 is 1.04 bits per heavy atom. The van der Waals surface area contributed by atoms with Gasteiger partial charge in [-0.25, -0.2) is 0 Å². The lowest BCUT2D eigenvalue weighted by molar-refractivity contribution is 0.448. The fourth-order valence-electron chi connectivity index (χ4n) is 2.33. The number of ether oxygens (including phenoxy) is 1. The van der Waals surface area contributed by atoms with Gasteiger partial charge in [0.1, 0.15) is 22.9 Å². The van der Waals surface area contributed by atoms with E-state index in [1.54, 1.807) is 12.3 Å². The number of aromatic nitrogens is 2. The number of halogens is 1. The van der Waals surface area contributed by atoms with Crippen molar-refractivity contribution >= 4 is 15.9 Å². The summed E-state index contributed by atoms with van der Waals surface area (Å²) in [6.45, 7) is 3.99. The fraction of sp³-hybridized carbons (Fsp3) is 0.118. The van der Waals surface area contributed by atoms with Crippen LogP contribution < -0.4 is 4.74 Å². The molecule has 2 aromatic carbocycles. The molecule has 0 bridgehead atoms. The molecule has 0 atom stereocenters. The molecule has 0 amide bonds. The Bertz CT molecular complexity index is 874. The Labute approximate surface area is 141 Å². The Kier molecular flexibility index (Phi) is 4.00. The molecule has 3 aromatic rings. The number of rotatable bonds is 3. The van der Waals surface area contributed by atoms with Gasteiger partial charge in [-0.15, -0.1) is 0 Å². The molecule has 0 fully saturated rings. The van der Waals surface area contributed by atoms with Gasteiger partial charge >= 0.3 is 0 Å². The molecule has 0 saturated carbocycles. The maximum Gasteiger partial charge on any atom is 0.173 e. The van der Waals surface area contributed by atoms with Crippen LogP contribution in [0.2, 0.25) is 0 Å². The van der Waals surface area contributed by atoms with E-state index in [1.807, 2.05) is 32.0 Å². The highest BCUT2D eigenvalue weighted by molar-refractivity contribution is 9.10. The number of aromatic hydroxyl groups is 2. The minimum atomic E-state index is -0.0690. The fourth-order valence-corrected chi connectivity index (χ4v) is 2.67. The summed E-state index contributed by atoms with van der Waals surface area (Å²) in [6.07, 6.45) is 1.55. The number of hydrogen-bond donors (Lipinski definition) is 3. The molecule has 5 nitrogen and oxygen atoms in total. The molecule has 0 aliphatic heterocycles. The van der Waals surface area contributed by atoms with Gasteiger partial charge in [-0.3, -0.25) is 5.10 Å². The van der Waals surface area contributed by atoms with E-state index in [2.05, 4.69) is 26.1 Å². The molecule has 0 saturated heterocycles. The molecule has 1 heterocycles. The number of phenolic OH excluding ortho intramolecular Hbond substituents is 2. The van der Waals surface area contributed by atoms with Crippen molar-refractivity contribution in [2.45, 2.75) is 13.8 Å². The Morgan fingerprint density at radius 2 is 1.83 bits per heavy atom. The number of hydrogen-bond acceptors (Lipinski definition) is 4. The smallest absolute Gasteiger partial charge is 0.173 e. The van der Waals surface area contributed by atoms with Crippen molar-refractivity contribution in [3.05, 3.63) is 52.1 Å². The predicted octanol–water partition coefficient (Wildman–Crippen LogP) is 4.66. The number of benzene rings is 2. The standard InChI is InChI=1S/C17H15BrN2O3/c1-9-3-4-15(10(2)5-9)23-16-8-19-20-17(16)11-6-12(18)14(22)7-13(11)21/h3-8,21-22H,1-2H3,(H,19,20). The summed E-state index contributed by atoms with van der Waals surface area (Å²) in [7, 11) is 0. The number of nitrogens with zero attached hydrogens (tertiary/aromatic N) is 1. The van der Waals surface area contributed by atoms with Crippen molar-refractivity contribution in [2.24, 2.45) is 0 Å². The second-order valence-corrected chi connectivity index (χ2v) is 6.16. The first-order valence-electron chi connectivity index (χ1n) is 6.96. The van der Waals surface area contributed by atoms with Crippen LogP contribution in [0.25, 0.3) is 11.3 Å². The first-order valence-corrected chi connectivity index (χ1v) is 7.75. The molecule has 3 rings (SSSR count). The predicted molar refractivity (Wildman–Crippen MR) is 91.0 cm³/mol. The largest absolute Gasteiger partial charge is 0.507 e. The molecule has 1 aromatic heterocycles. The minimum absolute atomic E-state index is 0.0392. The van der Waals surface area contributed by atoms with E-state index < -0.39 is 0 Å². The first-order chi connectivity index (χ1) is 11.0. The summed E-state index contributed by atoms with van der Waals surface area (Å²) >= 11 is 3.24. The summed E-state index contributed by atoms with van der Waals surface area (Å²) in [6, 6.07) is 8.77. The van der Waals surface area contributed by atoms with E-state index in [-0.39, 0.29) is 11.5 Å². The van der Waals surface area contributed by atoms with Gasteiger partial charge in [0.2, 0.25) is 0 Å². The lowest BCUT2D eigenvalue weighted by Gasteiger charge is -2.11. The van der Waals surface area contributed by atoms with E-state index in [0.717, 1.165) is 16.9 Å². The maximum absolute atomic E-state index is 10.1. The topological polar surface area (TPSA) is 78.4 Å². The number of aromatic amines is 1. The SMILES string of the molecule is Cc1ccc(Oc2cn[nH]c2-c2cc(Br)c(O)cc2O)c(C)c1. The van der Waals surface area contributed by atoms with Gasteiger partial charge in [-0.1, -0.05) is 17.7 Å². The third-order valence-electron chi connectivity index (χ3n) is 3.49. The number of H-pyrrole nitrogens is 1. The number of nitrogens with one attached hydrogen (secondary N) is 1. The van der Waals surface area contributed by atoms with E-state index >= 15 is 0 Å². The summed E-state index contributed by atoms with van der Waals surface area (Å²) in [5.41, 5.74) is 3.17. The van der Waals surface area contributed by atoms with Crippen LogP contribution in [0.5, 0.6) is 23.0 Å². The highest BCUT2D eigenvalue weighted by atomic mass is 79.9. The van der Waals surface area contributed by atoms with Crippen molar-refractivity contribution in [3.8, 4) is 34.3 Å². The van der Waals surface area contributed by atoms with Gasteiger partial charge in [0, 0.05) is 11.6 Å². The third-order valence-corrected chi connectivity index (χ3v) is 4.12. The summed E-state index contributed by atoms with van der Waals surface area (Å²) in [4.78, 5) is 0. The van der Waals surface area contributed by atoms with Crippen LogP contribution in [0, 0.1) is 13.8 Å². The minimum Gasteiger partial charge on any atom is -0.507 e. The van der Waals surface area contributed by atoms with Crippen LogP contribution in [0.4, 0.5) is 0 Å². The third kappa shape index (κ3) is 3.03. The van der Waals surface area contributed by atoms with Gasteiger partial charge < -0.3 is 14.9 Å². The van der Waals surface area contributed by atoms with Crippen molar-refractivity contribution < 1.29 is 14.9 Å². The number of phenols is 2. The molecule has 23 heavy (non-hydrogen) atoms. The van der Waals surface area contributed by atoms with Crippen LogP contribution in [0.1, 0.15) is 11.1 Å². The Hall–Kier alpha value is -2.47. The van der Waals surface area contributed by atoms with Crippen molar-refractivity contribution in [1.82, 2.24) is 10.2 Å². The Balaban J connectivity index is 2.02. The summed E-state index contributed by atoms with van der Waals surface area (Å²) < 4.78 is 6.40. The van der Waals surface area contributed by atoms with Crippen molar-refractivity contribution in [3.63, 3.8) is 0 Å². The molecule has 0 radical (unpaired) electrons. The maximum atomic E-state index is 10.1. The molecular formula is C17H15BrN2O3. The monoisotopic (exact) mass is 374 g/mol. The normalized spacial score (nSPS) is 10.7. The van der Waals surface area contributed by atoms with Crippen LogP contribution in [0.3, 0.4) is 0 Å². The number of aryl methyl sites for hydroxylation is 2. The second kappa shape index (κ2) is 5.96. The summed E-state index contributed by atoms with van der Waals surface area (Å²) in [5.74, 6) is 1.10. The quantitative estimate of drug-likeness (QED) is 0.622. The average Bonchev–Trinajstić information content (AvgIpc) is 2.94. The average molecular weight is 375 g/mol. The van der Waals surface area contributed by atoms with Gasteiger partial charge in [0.05, 0.1) is 10.7 Å². The molecule has 6 heteroatoms. The highest BCUT2D eigenvalue weighted by Gasteiger charge is 2.16. The zero-order valence-electron chi connectivity index (χ0n) is 12.6. The van der Waals surface area contributed by atoms with Gasteiger partial charge in [-0.2, -0.15) is 5.10 Å². The molecule has 118 valence electrons. The molecule has 0 aliphatic carbocycles. The van der Waals surface area contributed by atoms with Crippen LogP contribution in [0.15, 0.2) is 41.0 Å². The zero-order chi connectivity index (χ0) is 16.6. The van der Waals surface area contributed by atoms with E-state index in [1.165, 1.54) is 6.07 Å². The van der Waals surface area contributed by atoms with Gasteiger partial charge in [0.25, 0.3) is 0 Å². The Morgan fingerprint density at radius 3 is 2.57 bits per heavy atom. The van der Waals surface area contributed by atoms with Crippen LogP contribution in [-0.4, -0.2) is 20.4 Å². The molecule has 3 N–H and O–H groups in total. The van der Waals surface area contributed by atoms with E-state index in [4.69, 9.17) is 4.74 Å². The van der Waals surface area contributed by atoms with Crippen molar-refractivity contribution in [2.75, 3.05) is 0 Å². The first kappa shape index (κ1) is 15.4.